The number of hydrazone groups is 1. The normalized spacial score (nSPS) is 12.7. The number of hydrogen-bond acceptors (Lipinski definition) is 6. The molecule has 0 bridgehead atoms. The Labute approximate surface area is 185 Å². The zero-order valence-electron chi connectivity index (χ0n) is 17.7. The lowest BCUT2D eigenvalue weighted by molar-refractivity contribution is 0.164. The molecule has 0 spiro atoms. The quantitative estimate of drug-likeness (QED) is 0.329. The minimum absolute atomic E-state index is 0.135. The number of nitrogens with zero attached hydrogens (tertiary/aromatic N) is 3. The highest BCUT2D eigenvalue weighted by Crippen LogP contribution is 2.23. The largest absolute Gasteiger partial charge is 0.497 e. The maximum atomic E-state index is 12.4. The molecule has 4 N–H and O–H groups in total. The fourth-order valence-electron chi connectivity index (χ4n) is 3.35. The monoisotopic (exact) mass is 459 g/mol. The summed E-state index contributed by atoms with van der Waals surface area (Å²) in [5.41, 5.74) is 9.12. The molecule has 0 aliphatic rings. The number of anilines is 1. The number of amides is 2. The van der Waals surface area contributed by atoms with Crippen LogP contribution in [0.25, 0.3) is 10.9 Å². The lowest BCUT2D eigenvalue weighted by Crippen LogP contribution is -2.38. The number of methoxy groups -OCH3 is 1. The molecule has 170 valence electrons. The first-order valence-corrected chi connectivity index (χ1v) is 11.5. The molecule has 0 aliphatic heterocycles. The predicted octanol–water partition coefficient (Wildman–Crippen LogP) is 1.48. The van der Waals surface area contributed by atoms with Gasteiger partial charge < -0.3 is 20.1 Å². The van der Waals surface area contributed by atoms with Crippen LogP contribution in [0.5, 0.6) is 5.75 Å². The summed E-state index contributed by atoms with van der Waals surface area (Å²) in [7, 11) is -2.11. The molecule has 1 unspecified atom stereocenters. The van der Waals surface area contributed by atoms with Gasteiger partial charge in [-0.1, -0.05) is 18.2 Å². The second kappa shape index (κ2) is 9.71. The summed E-state index contributed by atoms with van der Waals surface area (Å²) in [6.45, 7) is 0.00407. The Bertz CT molecular complexity index is 1220. The van der Waals surface area contributed by atoms with E-state index in [1.165, 1.54) is 13.3 Å². The van der Waals surface area contributed by atoms with Crippen molar-refractivity contribution in [2.45, 2.75) is 12.6 Å². The van der Waals surface area contributed by atoms with Gasteiger partial charge in [-0.05, 0) is 30.3 Å². The number of carbonyl (C=O) groups excluding carboxylic acids is 1. The van der Waals surface area contributed by atoms with E-state index in [2.05, 4.69) is 10.5 Å². The molecule has 1 heterocycles. The van der Waals surface area contributed by atoms with Crippen molar-refractivity contribution in [3.05, 3.63) is 60.3 Å². The molecule has 3 rings (SSSR count). The van der Waals surface area contributed by atoms with Gasteiger partial charge in [-0.15, -0.1) is 0 Å². The first kappa shape index (κ1) is 23.1. The number of carbonyl (C=O) groups is 1. The summed E-state index contributed by atoms with van der Waals surface area (Å²) < 4.78 is 32.8. The second-order valence-corrected chi connectivity index (χ2v) is 9.04. The number of hydrogen-bond donors (Lipinski definition) is 3. The van der Waals surface area contributed by atoms with E-state index in [1.807, 2.05) is 24.3 Å². The van der Waals surface area contributed by atoms with Crippen LogP contribution in [-0.2, 0) is 16.6 Å². The minimum atomic E-state index is -3.63. The average molecular weight is 460 g/mol. The average Bonchev–Trinajstić information content (AvgIpc) is 3.08. The summed E-state index contributed by atoms with van der Waals surface area (Å²) in [6, 6.07) is 13.2. The lowest BCUT2D eigenvalue weighted by Gasteiger charge is -2.25. The van der Waals surface area contributed by atoms with Crippen LogP contribution >= 0.6 is 0 Å². The van der Waals surface area contributed by atoms with Gasteiger partial charge in [0.05, 0.1) is 44.5 Å². The molecule has 0 fully saturated rings. The van der Waals surface area contributed by atoms with Crippen molar-refractivity contribution >= 4 is 38.9 Å². The van der Waals surface area contributed by atoms with Crippen molar-refractivity contribution in [2.75, 3.05) is 24.2 Å². The van der Waals surface area contributed by atoms with E-state index in [1.54, 1.807) is 35.0 Å². The van der Waals surface area contributed by atoms with Gasteiger partial charge in [0.15, 0.2) is 0 Å². The zero-order valence-corrected chi connectivity index (χ0v) is 18.5. The van der Waals surface area contributed by atoms with Gasteiger partial charge in [0.25, 0.3) is 0 Å². The molecule has 0 saturated heterocycles. The maximum absolute atomic E-state index is 12.4. The van der Waals surface area contributed by atoms with Gasteiger partial charge >= 0.3 is 6.03 Å². The number of fused-ring (bicyclic) bond motifs is 1. The molecule has 10 nitrogen and oxygen atoms in total. The van der Waals surface area contributed by atoms with E-state index in [0.717, 1.165) is 21.5 Å². The summed E-state index contributed by atoms with van der Waals surface area (Å²) in [5, 5.41) is 15.4. The van der Waals surface area contributed by atoms with Crippen LogP contribution in [0.1, 0.15) is 5.56 Å². The van der Waals surface area contributed by atoms with Crippen LogP contribution < -0.4 is 20.2 Å². The Morgan fingerprint density at radius 2 is 1.97 bits per heavy atom. The number of aliphatic hydroxyl groups excluding tert-OH is 1. The van der Waals surface area contributed by atoms with E-state index < -0.39 is 22.2 Å². The maximum Gasteiger partial charge on any atom is 0.332 e. The smallest absolute Gasteiger partial charge is 0.332 e. The van der Waals surface area contributed by atoms with Crippen LogP contribution in [0.4, 0.5) is 10.5 Å². The molecule has 32 heavy (non-hydrogen) atoms. The standard InChI is InChI=1S/C21H25N5O5S/c1-31-18-9-7-16(8-10-18)26(32(2,29)30)14-17(27)13-25-12-15(11-23-24-21(22)28)19-5-3-4-6-20(19)25/h3-12,17,27H,13-14H2,1-2H3,(H3,22,24,28)/b23-11+. The topological polar surface area (TPSA) is 139 Å². The van der Waals surface area contributed by atoms with E-state index in [0.29, 0.717) is 17.0 Å². The zero-order chi connectivity index (χ0) is 23.3. The van der Waals surface area contributed by atoms with E-state index in [9.17, 15) is 18.3 Å². The molecule has 0 radical (unpaired) electrons. The van der Waals surface area contributed by atoms with E-state index in [-0.39, 0.29) is 13.1 Å². The fourth-order valence-corrected chi connectivity index (χ4v) is 4.30. The molecule has 3 aromatic rings. The van der Waals surface area contributed by atoms with Crippen molar-refractivity contribution in [1.29, 1.82) is 0 Å². The SMILES string of the molecule is COc1ccc(N(CC(O)Cn2cc(/C=N/NC(N)=O)c3ccccc32)S(C)(=O)=O)cc1. The third-order valence-corrected chi connectivity index (χ3v) is 5.90. The molecule has 0 aliphatic carbocycles. The molecule has 2 aromatic carbocycles. The molecule has 0 saturated carbocycles. The van der Waals surface area contributed by atoms with Crippen LogP contribution in [0, 0.1) is 0 Å². The fraction of sp³-hybridized carbons (Fsp3) is 0.238. The summed E-state index contributed by atoms with van der Waals surface area (Å²) >= 11 is 0. The summed E-state index contributed by atoms with van der Waals surface area (Å²) in [5.74, 6) is 0.599. The van der Waals surface area contributed by atoms with Gasteiger partial charge in [-0.3, -0.25) is 4.31 Å². The van der Waals surface area contributed by atoms with Crippen LogP contribution in [0.15, 0.2) is 59.8 Å². The molecular weight excluding hydrogens is 434 g/mol. The molecule has 1 atom stereocenters. The number of benzene rings is 2. The third-order valence-electron chi connectivity index (χ3n) is 4.74. The third kappa shape index (κ3) is 5.56. The highest BCUT2D eigenvalue weighted by molar-refractivity contribution is 7.92. The number of urea groups is 1. The van der Waals surface area contributed by atoms with Crippen molar-refractivity contribution < 1.29 is 23.1 Å². The Morgan fingerprint density at radius 3 is 2.59 bits per heavy atom. The number of rotatable bonds is 9. The van der Waals surface area contributed by atoms with Crippen molar-refractivity contribution in [3.8, 4) is 5.75 Å². The van der Waals surface area contributed by atoms with Gasteiger partial charge in [0, 0.05) is 22.7 Å². The van der Waals surface area contributed by atoms with E-state index in [4.69, 9.17) is 10.5 Å². The van der Waals surface area contributed by atoms with Gasteiger partial charge in [0.1, 0.15) is 5.75 Å². The van der Waals surface area contributed by atoms with Gasteiger partial charge in [-0.2, -0.15) is 5.10 Å². The second-order valence-electron chi connectivity index (χ2n) is 7.13. The predicted molar refractivity (Wildman–Crippen MR) is 123 cm³/mol. The van der Waals surface area contributed by atoms with Crippen molar-refractivity contribution in [2.24, 2.45) is 10.8 Å². The molecule has 11 heteroatoms. The molecular formula is C21H25N5O5S. The van der Waals surface area contributed by atoms with Gasteiger partial charge in [0.2, 0.25) is 10.0 Å². The van der Waals surface area contributed by atoms with Gasteiger partial charge in [-0.25, -0.2) is 18.6 Å². The highest BCUT2D eigenvalue weighted by atomic mass is 32.2. The van der Waals surface area contributed by atoms with Crippen LogP contribution in [0.3, 0.4) is 0 Å². The Kier molecular flexibility index (Phi) is 7.01. The highest BCUT2D eigenvalue weighted by Gasteiger charge is 2.22. The number of aromatic nitrogens is 1. The Hall–Kier alpha value is -3.57. The number of aliphatic hydroxyl groups is 1. The summed E-state index contributed by atoms with van der Waals surface area (Å²) in [6.07, 6.45) is 3.31. The number of nitrogens with one attached hydrogen (secondary N) is 1. The van der Waals surface area contributed by atoms with Crippen LogP contribution in [0.2, 0.25) is 0 Å². The van der Waals surface area contributed by atoms with Crippen molar-refractivity contribution in [1.82, 2.24) is 9.99 Å². The number of sulfonamides is 1. The van der Waals surface area contributed by atoms with Crippen molar-refractivity contribution in [3.63, 3.8) is 0 Å². The summed E-state index contributed by atoms with van der Waals surface area (Å²) in [4.78, 5) is 10.8. The first-order chi connectivity index (χ1) is 15.2. The number of para-hydroxylation sites is 1. The minimum Gasteiger partial charge on any atom is -0.497 e. The van der Waals surface area contributed by atoms with E-state index >= 15 is 0 Å². The number of primary amides is 1. The van der Waals surface area contributed by atoms with Crippen LogP contribution in [-0.4, -0.2) is 56.4 Å². The number of nitrogens with two attached hydrogens (primary N) is 1. The number of ether oxygens (including phenoxy) is 1. The molecule has 2 amide bonds. The Balaban J connectivity index is 1.84. The Morgan fingerprint density at radius 1 is 1.28 bits per heavy atom. The lowest BCUT2D eigenvalue weighted by atomic mass is 10.2. The first-order valence-electron chi connectivity index (χ1n) is 9.65. The molecule has 1 aromatic heterocycles.